The molecule has 2 aromatic rings. The number of rotatable bonds is 6. The number of nitrogens with one attached hydrogen (secondary N) is 1. The number of aromatic nitrogens is 2. The van der Waals surface area contributed by atoms with Crippen molar-refractivity contribution >= 4 is 24.0 Å². The first-order chi connectivity index (χ1) is 17.4. The van der Waals surface area contributed by atoms with Crippen molar-refractivity contribution in [2.24, 2.45) is 0 Å². The number of nitrogens with zero attached hydrogens (tertiary/aromatic N) is 5. The molecule has 0 saturated carbocycles. The number of piperazine rings is 1. The largest absolute Gasteiger partial charge is 0.416 e. The minimum atomic E-state index is -4.64. The molecule has 1 fully saturated rings. The average molecular weight is 523 g/mol. The van der Waals surface area contributed by atoms with Crippen molar-refractivity contribution in [3.05, 3.63) is 46.4 Å². The van der Waals surface area contributed by atoms with Crippen LogP contribution in [0.5, 0.6) is 0 Å². The van der Waals surface area contributed by atoms with E-state index in [2.05, 4.69) is 5.32 Å². The number of anilines is 2. The molecular formula is C25H30F4N6O2. The van der Waals surface area contributed by atoms with Crippen LogP contribution < -0.4 is 10.2 Å². The smallest absolute Gasteiger partial charge is 0.363 e. The Kier molecular flexibility index (Phi) is 7.40. The molecular weight excluding hydrogens is 492 g/mol. The molecule has 1 amide bonds. The third-order valence-electron chi connectivity index (χ3n) is 6.95. The normalized spacial score (nSPS) is 19.2. The van der Waals surface area contributed by atoms with E-state index in [0.717, 1.165) is 18.4 Å². The van der Waals surface area contributed by atoms with Gasteiger partial charge in [0.1, 0.15) is 24.0 Å². The molecule has 2 aliphatic heterocycles. The van der Waals surface area contributed by atoms with Gasteiger partial charge in [0.2, 0.25) is 11.9 Å². The standard InChI is InChI=1S/C25H30F4N6O2/c1-14(2)35-12-19-22(21(35)13-36)31-24(34-9-7-33(8-10-34)16(4)37)32-23(19)30-15(3)18-6-5-17(11-20(18)26)25(27,28)29/h5-6,11,13-15,21H,7-10,12H2,1-4H3,(H,30,31,32)/t15?,21-/m0/s1. The first kappa shape index (κ1) is 26.8. The highest BCUT2D eigenvalue weighted by atomic mass is 19.4. The van der Waals surface area contributed by atoms with E-state index in [1.54, 1.807) is 11.8 Å². The molecule has 1 unspecified atom stereocenters. The van der Waals surface area contributed by atoms with Gasteiger partial charge in [-0.2, -0.15) is 18.2 Å². The number of aldehydes is 1. The predicted octanol–water partition coefficient (Wildman–Crippen LogP) is 3.94. The molecule has 1 aromatic heterocycles. The summed E-state index contributed by atoms with van der Waals surface area (Å²) in [5.41, 5.74) is 0.237. The van der Waals surface area contributed by atoms with Crippen LogP contribution in [-0.4, -0.2) is 64.2 Å². The van der Waals surface area contributed by atoms with Gasteiger partial charge in [-0.1, -0.05) is 6.07 Å². The summed E-state index contributed by atoms with van der Waals surface area (Å²) in [5, 5.41) is 3.16. The number of alkyl halides is 3. The highest BCUT2D eigenvalue weighted by molar-refractivity contribution is 5.73. The Bertz CT molecular complexity index is 1180. The Morgan fingerprint density at radius 3 is 2.35 bits per heavy atom. The maximum absolute atomic E-state index is 14.7. The summed E-state index contributed by atoms with van der Waals surface area (Å²) in [6, 6.07) is 1.18. The second-order valence-electron chi connectivity index (χ2n) is 9.68. The number of halogens is 4. The summed E-state index contributed by atoms with van der Waals surface area (Å²) >= 11 is 0. The highest BCUT2D eigenvalue weighted by Gasteiger charge is 2.37. The summed E-state index contributed by atoms with van der Waals surface area (Å²) in [6.45, 7) is 9.47. The number of carbonyl (C=O) groups excluding carboxylic acids is 2. The number of hydrogen-bond donors (Lipinski definition) is 1. The number of hydrogen-bond acceptors (Lipinski definition) is 7. The summed E-state index contributed by atoms with van der Waals surface area (Å²) < 4.78 is 53.7. The van der Waals surface area contributed by atoms with Gasteiger partial charge in [-0.15, -0.1) is 0 Å². The first-order valence-corrected chi connectivity index (χ1v) is 12.2. The van der Waals surface area contributed by atoms with Crippen LogP contribution >= 0.6 is 0 Å². The molecule has 3 heterocycles. The van der Waals surface area contributed by atoms with Crippen LogP contribution in [0.15, 0.2) is 18.2 Å². The van der Waals surface area contributed by atoms with Crippen LogP contribution in [0, 0.1) is 5.82 Å². The summed E-state index contributed by atoms with van der Waals surface area (Å²) in [6.07, 6.45) is -3.81. The van der Waals surface area contributed by atoms with Gasteiger partial charge in [0, 0.05) is 56.8 Å². The van der Waals surface area contributed by atoms with E-state index in [9.17, 15) is 27.2 Å². The third-order valence-corrected chi connectivity index (χ3v) is 6.95. The van der Waals surface area contributed by atoms with Gasteiger partial charge >= 0.3 is 6.18 Å². The third kappa shape index (κ3) is 5.39. The number of amides is 1. The fraction of sp³-hybridized carbons (Fsp3) is 0.520. The highest BCUT2D eigenvalue weighted by Crippen LogP contribution is 2.39. The fourth-order valence-electron chi connectivity index (χ4n) is 4.79. The van der Waals surface area contributed by atoms with Crippen LogP contribution in [-0.2, 0) is 22.3 Å². The molecule has 0 bridgehead atoms. The lowest BCUT2D eigenvalue weighted by atomic mass is 10.0. The Morgan fingerprint density at radius 1 is 1.14 bits per heavy atom. The minimum absolute atomic E-state index is 0.0159. The van der Waals surface area contributed by atoms with E-state index in [0.29, 0.717) is 61.8 Å². The van der Waals surface area contributed by atoms with Gasteiger partial charge in [0.05, 0.1) is 17.3 Å². The van der Waals surface area contributed by atoms with Crippen LogP contribution in [0.3, 0.4) is 0 Å². The van der Waals surface area contributed by atoms with Gasteiger partial charge < -0.3 is 19.9 Å². The molecule has 0 spiro atoms. The van der Waals surface area contributed by atoms with E-state index in [-0.39, 0.29) is 17.5 Å². The van der Waals surface area contributed by atoms with Crippen molar-refractivity contribution in [3.8, 4) is 0 Å². The van der Waals surface area contributed by atoms with Crippen molar-refractivity contribution in [3.63, 3.8) is 0 Å². The number of carbonyl (C=O) groups is 2. The summed E-state index contributed by atoms with van der Waals surface area (Å²) in [7, 11) is 0. The Hall–Kier alpha value is -3.28. The molecule has 12 heteroatoms. The molecule has 8 nitrogen and oxygen atoms in total. The zero-order valence-corrected chi connectivity index (χ0v) is 21.1. The Labute approximate surface area is 212 Å². The molecule has 0 aliphatic carbocycles. The van der Waals surface area contributed by atoms with Crippen LogP contribution in [0.4, 0.5) is 29.3 Å². The molecule has 200 valence electrons. The van der Waals surface area contributed by atoms with E-state index in [1.165, 1.54) is 6.92 Å². The van der Waals surface area contributed by atoms with Gasteiger partial charge in [0.25, 0.3) is 0 Å². The zero-order chi connectivity index (χ0) is 27.1. The molecule has 4 rings (SSSR count). The SMILES string of the molecule is CC(=O)N1CCN(c2nc(NC(C)c3ccc(C(F)(F)F)cc3F)c3c(n2)[C@H](C=O)N(C(C)C)C3)CC1. The summed E-state index contributed by atoms with van der Waals surface area (Å²) in [4.78, 5) is 38.9. The van der Waals surface area contributed by atoms with Gasteiger partial charge in [0.15, 0.2) is 0 Å². The Balaban J connectivity index is 1.69. The molecule has 1 aromatic carbocycles. The van der Waals surface area contributed by atoms with Gasteiger partial charge in [-0.05, 0) is 32.9 Å². The van der Waals surface area contributed by atoms with E-state index in [1.807, 2.05) is 23.6 Å². The van der Waals surface area contributed by atoms with E-state index in [4.69, 9.17) is 9.97 Å². The lowest BCUT2D eigenvalue weighted by Crippen LogP contribution is -2.48. The topological polar surface area (TPSA) is 81.7 Å². The monoisotopic (exact) mass is 522 g/mol. The molecule has 0 radical (unpaired) electrons. The second kappa shape index (κ2) is 10.2. The van der Waals surface area contributed by atoms with Crippen molar-refractivity contribution in [1.82, 2.24) is 19.8 Å². The second-order valence-corrected chi connectivity index (χ2v) is 9.68. The van der Waals surface area contributed by atoms with Crippen LogP contribution in [0.1, 0.15) is 62.2 Å². The van der Waals surface area contributed by atoms with Crippen LogP contribution in [0.25, 0.3) is 0 Å². The molecule has 2 atom stereocenters. The summed E-state index contributed by atoms with van der Waals surface area (Å²) in [5.74, 6) is -0.216. The number of benzene rings is 1. The van der Waals surface area contributed by atoms with Crippen molar-refractivity contribution < 1.29 is 27.2 Å². The lowest BCUT2D eigenvalue weighted by molar-refractivity contribution is -0.137. The van der Waals surface area contributed by atoms with Gasteiger partial charge in [-0.25, -0.2) is 9.37 Å². The quantitative estimate of drug-likeness (QED) is 0.455. The maximum atomic E-state index is 14.7. The predicted molar refractivity (Wildman–Crippen MR) is 129 cm³/mol. The maximum Gasteiger partial charge on any atom is 0.416 e. The lowest BCUT2D eigenvalue weighted by Gasteiger charge is -2.34. The van der Waals surface area contributed by atoms with Gasteiger partial charge in [-0.3, -0.25) is 9.69 Å². The van der Waals surface area contributed by atoms with Crippen molar-refractivity contribution in [2.45, 2.75) is 58.5 Å². The average Bonchev–Trinajstić information content (AvgIpc) is 3.22. The fourth-order valence-corrected chi connectivity index (χ4v) is 4.79. The Morgan fingerprint density at radius 2 is 1.81 bits per heavy atom. The minimum Gasteiger partial charge on any atom is -0.363 e. The van der Waals surface area contributed by atoms with E-state index >= 15 is 0 Å². The van der Waals surface area contributed by atoms with Crippen LogP contribution in [0.2, 0.25) is 0 Å². The number of fused-ring (bicyclic) bond motifs is 1. The molecule has 37 heavy (non-hydrogen) atoms. The van der Waals surface area contributed by atoms with Crippen molar-refractivity contribution in [2.75, 3.05) is 36.4 Å². The van der Waals surface area contributed by atoms with E-state index < -0.39 is 29.6 Å². The molecule has 1 N–H and O–H groups in total. The van der Waals surface area contributed by atoms with Crippen molar-refractivity contribution in [1.29, 1.82) is 0 Å². The zero-order valence-electron chi connectivity index (χ0n) is 21.1. The molecule has 2 aliphatic rings. The molecule has 1 saturated heterocycles. The first-order valence-electron chi connectivity index (χ1n) is 12.2.